The van der Waals surface area contributed by atoms with Crippen LogP contribution in [-0.2, 0) is 0 Å². The van der Waals surface area contributed by atoms with Gasteiger partial charge in [0, 0.05) is 30.5 Å². The van der Waals surface area contributed by atoms with E-state index in [4.69, 9.17) is 4.98 Å². The molecule has 5 heterocycles. The highest BCUT2D eigenvalue weighted by atomic mass is 32.1. The number of aromatic nitrogens is 4. The van der Waals surface area contributed by atoms with Crippen molar-refractivity contribution in [2.75, 3.05) is 5.32 Å². The standard InChI is InChI=1S/C22H21FN6OS/c1-11-6-14(7-12(2)24-11)17-4-5-18-21(27-17)31-22(28-18)20(30)26-15-8-16(23)19-25-13(3)9-29(19)10-15/h4-6,8-12,24H,7H2,1-3H3,(H,26,30). The van der Waals surface area contributed by atoms with Crippen LogP contribution in [0.25, 0.3) is 21.6 Å². The van der Waals surface area contributed by atoms with E-state index in [-0.39, 0.29) is 16.7 Å². The van der Waals surface area contributed by atoms with Crippen molar-refractivity contribution in [1.29, 1.82) is 0 Å². The molecule has 2 atom stereocenters. The predicted octanol–water partition coefficient (Wildman–Crippen LogP) is 4.19. The fourth-order valence-electron chi connectivity index (χ4n) is 3.97. The zero-order valence-corrected chi connectivity index (χ0v) is 18.1. The smallest absolute Gasteiger partial charge is 0.284 e. The van der Waals surface area contributed by atoms with Crippen molar-refractivity contribution in [1.82, 2.24) is 24.7 Å². The average Bonchev–Trinajstić information content (AvgIpc) is 3.29. The third-order valence-electron chi connectivity index (χ3n) is 5.19. The third kappa shape index (κ3) is 3.82. The van der Waals surface area contributed by atoms with E-state index in [1.54, 1.807) is 23.7 Å². The van der Waals surface area contributed by atoms with E-state index in [0.29, 0.717) is 27.8 Å². The maximum absolute atomic E-state index is 14.3. The van der Waals surface area contributed by atoms with Crippen molar-refractivity contribution in [3.8, 4) is 0 Å². The molecule has 5 rings (SSSR count). The van der Waals surface area contributed by atoms with Gasteiger partial charge in [-0.1, -0.05) is 17.4 Å². The quantitative estimate of drug-likeness (QED) is 0.503. The maximum Gasteiger partial charge on any atom is 0.284 e. The summed E-state index contributed by atoms with van der Waals surface area (Å²) < 4.78 is 15.8. The molecule has 1 aliphatic rings. The molecule has 2 unspecified atom stereocenters. The van der Waals surface area contributed by atoms with Gasteiger partial charge in [0.15, 0.2) is 16.5 Å². The van der Waals surface area contributed by atoms with Gasteiger partial charge in [-0.15, -0.1) is 0 Å². The van der Waals surface area contributed by atoms with Gasteiger partial charge < -0.3 is 15.0 Å². The molecular weight excluding hydrogens is 415 g/mol. The Morgan fingerprint density at radius 2 is 2.10 bits per heavy atom. The summed E-state index contributed by atoms with van der Waals surface area (Å²) >= 11 is 1.23. The zero-order chi connectivity index (χ0) is 21.7. The number of nitrogens with one attached hydrogen (secondary N) is 2. The summed E-state index contributed by atoms with van der Waals surface area (Å²) in [6.07, 6.45) is 6.42. The Balaban J connectivity index is 1.42. The molecule has 4 aromatic rings. The van der Waals surface area contributed by atoms with Gasteiger partial charge in [0.25, 0.3) is 5.91 Å². The van der Waals surface area contributed by atoms with Crippen molar-refractivity contribution in [2.45, 2.75) is 39.3 Å². The second kappa shape index (κ2) is 7.51. The second-order valence-corrected chi connectivity index (χ2v) is 8.91. The Hall–Kier alpha value is -3.17. The van der Waals surface area contributed by atoms with Crippen molar-refractivity contribution >= 4 is 44.5 Å². The fraction of sp³-hybridized carbons (Fsp3) is 0.273. The van der Waals surface area contributed by atoms with Gasteiger partial charge in [-0.2, -0.15) is 0 Å². The van der Waals surface area contributed by atoms with Crippen molar-refractivity contribution < 1.29 is 9.18 Å². The number of nitrogens with zero attached hydrogens (tertiary/aromatic N) is 4. The molecule has 0 spiro atoms. The Morgan fingerprint density at radius 1 is 1.26 bits per heavy atom. The lowest BCUT2D eigenvalue weighted by atomic mass is 9.97. The molecule has 0 fully saturated rings. The number of carbonyl (C=O) groups excluding carboxylic acids is 1. The van der Waals surface area contributed by atoms with Crippen molar-refractivity contribution in [2.24, 2.45) is 0 Å². The van der Waals surface area contributed by atoms with Crippen LogP contribution < -0.4 is 10.6 Å². The number of fused-ring (bicyclic) bond motifs is 2. The molecule has 158 valence electrons. The van der Waals surface area contributed by atoms with Crippen molar-refractivity contribution in [3.63, 3.8) is 0 Å². The van der Waals surface area contributed by atoms with Crippen LogP contribution in [0.1, 0.15) is 41.5 Å². The molecule has 31 heavy (non-hydrogen) atoms. The molecule has 4 aromatic heterocycles. The summed E-state index contributed by atoms with van der Waals surface area (Å²) in [6.45, 7) is 6.06. The van der Waals surface area contributed by atoms with Crippen LogP contribution in [-0.4, -0.2) is 37.3 Å². The Bertz CT molecular complexity index is 1360. The van der Waals surface area contributed by atoms with E-state index in [0.717, 1.165) is 12.1 Å². The molecule has 0 saturated carbocycles. The van der Waals surface area contributed by atoms with Crippen LogP contribution >= 0.6 is 11.3 Å². The average molecular weight is 437 g/mol. The van der Waals surface area contributed by atoms with E-state index in [2.05, 4.69) is 40.5 Å². The highest BCUT2D eigenvalue weighted by molar-refractivity contribution is 7.20. The van der Waals surface area contributed by atoms with Crippen LogP contribution in [0.2, 0.25) is 0 Å². The predicted molar refractivity (Wildman–Crippen MR) is 120 cm³/mol. The lowest BCUT2D eigenvalue weighted by molar-refractivity contribution is 0.102. The number of anilines is 1. The molecule has 1 aliphatic heterocycles. The van der Waals surface area contributed by atoms with Crippen LogP contribution in [0, 0.1) is 12.7 Å². The summed E-state index contributed by atoms with van der Waals surface area (Å²) in [4.78, 5) is 26.7. The molecule has 1 amide bonds. The number of amides is 1. The zero-order valence-electron chi connectivity index (χ0n) is 17.3. The van der Waals surface area contributed by atoms with Gasteiger partial charge in [0.1, 0.15) is 10.3 Å². The summed E-state index contributed by atoms with van der Waals surface area (Å²) in [5.74, 6) is -0.899. The molecule has 0 bridgehead atoms. The van der Waals surface area contributed by atoms with Gasteiger partial charge >= 0.3 is 0 Å². The van der Waals surface area contributed by atoms with Crippen molar-refractivity contribution in [3.05, 3.63) is 58.9 Å². The number of imidazole rings is 1. The summed E-state index contributed by atoms with van der Waals surface area (Å²) in [5.41, 5.74) is 4.03. The molecule has 0 aliphatic carbocycles. The minimum atomic E-state index is -0.500. The first-order valence-corrected chi connectivity index (χ1v) is 10.9. The number of hydrogen-bond acceptors (Lipinski definition) is 6. The summed E-state index contributed by atoms with van der Waals surface area (Å²) in [7, 11) is 0. The number of halogens is 1. The normalized spacial score (nSPS) is 19.0. The van der Waals surface area contributed by atoms with Crippen LogP contribution in [0.4, 0.5) is 10.1 Å². The molecule has 0 radical (unpaired) electrons. The maximum atomic E-state index is 14.3. The van der Waals surface area contributed by atoms with Gasteiger partial charge in [-0.05, 0) is 44.9 Å². The van der Waals surface area contributed by atoms with E-state index in [9.17, 15) is 9.18 Å². The van der Waals surface area contributed by atoms with E-state index < -0.39 is 11.7 Å². The first kappa shape index (κ1) is 19.8. The lowest BCUT2D eigenvalue weighted by Crippen LogP contribution is -2.36. The minimum Gasteiger partial charge on any atom is -0.318 e. The SMILES string of the molecule is Cc1cn2cc(NC(=O)c3nc4ccc(C5=CC(C)NC(C)C5)nc4s3)cc(F)c2n1. The highest BCUT2D eigenvalue weighted by Crippen LogP contribution is 2.27. The number of aryl methyl sites for hydroxylation is 1. The molecule has 0 aromatic carbocycles. The number of pyridine rings is 2. The van der Waals surface area contributed by atoms with Gasteiger partial charge in [-0.25, -0.2) is 19.3 Å². The number of rotatable bonds is 3. The lowest BCUT2D eigenvalue weighted by Gasteiger charge is -2.25. The topological polar surface area (TPSA) is 84.2 Å². The molecular formula is C22H21FN6OS. The Labute approximate surface area is 182 Å². The largest absolute Gasteiger partial charge is 0.318 e. The van der Waals surface area contributed by atoms with E-state index in [1.165, 1.54) is 23.0 Å². The molecule has 9 heteroatoms. The first-order valence-electron chi connectivity index (χ1n) is 10.1. The number of hydrogen-bond donors (Lipinski definition) is 2. The summed E-state index contributed by atoms with van der Waals surface area (Å²) in [6, 6.07) is 5.77. The minimum absolute atomic E-state index is 0.225. The number of thiazole rings is 1. The second-order valence-electron chi connectivity index (χ2n) is 7.94. The monoisotopic (exact) mass is 436 g/mol. The van der Waals surface area contributed by atoms with E-state index >= 15 is 0 Å². The van der Waals surface area contributed by atoms with Crippen LogP contribution in [0.5, 0.6) is 0 Å². The fourth-order valence-corrected chi connectivity index (χ4v) is 4.80. The molecule has 7 nitrogen and oxygen atoms in total. The van der Waals surface area contributed by atoms with Gasteiger partial charge in [0.05, 0.1) is 17.1 Å². The Morgan fingerprint density at radius 3 is 2.90 bits per heavy atom. The molecule has 0 saturated heterocycles. The van der Waals surface area contributed by atoms with Gasteiger partial charge in [0.2, 0.25) is 0 Å². The highest BCUT2D eigenvalue weighted by Gasteiger charge is 2.19. The first-order chi connectivity index (χ1) is 14.9. The Kier molecular flexibility index (Phi) is 4.79. The van der Waals surface area contributed by atoms with Crippen LogP contribution in [0.15, 0.2) is 36.7 Å². The van der Waals surface area contributed by atoms with E-state index in [1.807, 2.05) is 12.1 Å². The summed E-state index contributed by atoms with van der Waals surface area (Å²) in [5, 5.41) is 6.48. The third-order valence-corrected chi connectivity index (χ3v) is 6.15. The van der Waals surface area contributed by atoms with Crippen LogP contribution in [0.3, 0.4) is 0 Å². The number of carbonyl (C=O) groups is 1. The molecule has 2 N–H and O–H groups in total. The van der Waals surface area contributed by atoms with Gasteiger partial charge in [-0.3, -0.25) is 4.79 Å².